The van der Waals surface area contributed by atoms with Crippen molar-refractivity contribution in [2.45, 2.75) is 32.2 Å². The molecule has 2 aromatic rings. The van der Waals surface area contributed by atoms with Crippen molar-refractivity contribution in [1.29, 1.82) is 0 Å². The molecule has 1 fully saturated rings. The quantitative estimate of drug-likeness (QED) is 0.661. The van der Waals surface area contributed by atoms with E-state index in [0.29, 0.717) is 18.2 Å². The molecule has 1 aliphatic heterocycles. The van der Waals surface area contributed by atoms with E-state index in [0.717, 1.165) is 39.7 Å². The molecule has 0 aliphatic carbocycles. The van der Waals surface area contributed by atoms with Crippen LogP contribution >= 0.6 is 27.5 Å². The zero-order chi connectivity index (χ0) is 18.7. The van der Waals surface area contributed by atoms with Gasteiger partial charge < -0.3 is 15.4 Å². The predicted molar refractivity (Wildman–Crippen MR) is 109 cm³/mol. The van der Waals surface area contributed by atoms with Crippen LogP contribution in [0.5, 0.6) is 0 Å². The number of carbonyl (C=O) groups is 1. The van der Waals surface area contributed by atoms with Crippen LogP contribution in [-0.2, 0) is 10.3 Å². The highest BCUT2D eigenvalue weighted by Gasteiger charge is 2.36. The van der Waals surface area contributed by atoms with Crippen LogP contribution in [0.3, 0.4) is 0 Å². The molecule has 2 aromatic carbocycles. The summed E-state index contributed by atoms with van der Waals surface area (Å²) in [7, 11) is 0. The van der Waals surface area contributed by atoms with Crippen molar-refractivity contribution in [2.75, 3.05) is 18.5 Å². The molecule has 138 valence electrons. The van der Waals surface area contributed by atoms with E-state index in [4.69, 9.17) is 16.3 Å². The second-order valence-electron chi connectivity index (χ2n) is 6.70. The van der Waals surface area contributed by atoms with E-state index in [-0.39, 0.29) is 6.03 Å². The van der Waals surface area contributed by atoms with E-state index < -0.39 is 5.54 Å². The standard InChI is InChI=1S/C20H22BrClN2O2/c1-13-11-16(21)12-14(2)18(13)23-19(25)24-20(7-9-26-10-8-20)15-3-5-17(22)6-4-15/h3-6,11-12H,7-10H2,1-2H3,(H2,23,24,25). The van der Waals surface area contributed by atoms with Gasteiger partial charge in [0.2, 0.25) is 0 Å². The van der Waals surface area contributed by atoms with Gasteiger partial charge in [-0.25, -0.2) is 4.79 Å². The molecule has 6 heteroatoms. The molecule has 0 unspecified atom stereocenters. The Morgan fingerprint density at radius 2 is 1.69 bits per heavy atom. The van der Waals surface area contributed by atoms with Crippen molar-refractivity contribution in [3.05, 3.63) is 62.6 Å². The summed E-state index contributed by atoms with van der Waals surface area (Å²) in [4.78, 5) is 12.8. The summed E-state index contributed by atoms with van der Waals surface area (Å²) in [5.74, 6) is 0. The number of rotatable bonds is 3. The Bertz CT molecular complexity index is 779. The van der Waals surface area contributed by atoms with Gasteiger partial charge >= 0.3 is 6.03 Å². The summed E-state index contributed by atoms with van der Waals surface area (Å²) in [6.45, 7) is 5.19. The molecule has 0 radical (unpaired) electrons. The molecule has 0 bridgehead atoms. The highest BCUT2D eigenvalue weighted by atomic mass is 79.9. The molecule has 2 amide bonds. The largest absolute Gasteiger partial charge is 0.381 e. The van der Waals surface area contributed by atoms with Gasteiger partial charge in [0.15, 0.2) is 0 Å². The van der Waals surface area contributed by atoms with Crippen LogP contribution in [0.1, 0.15) is 29.5 Å². The summed E-state index contributed by atoms with van der Waals surface area (Å²) >= 11 is 9.51. The number of aryl methyl sites for hydroxylation is 2. The lowest BCUT2D eigenvalue weighted by molar-refractivity contribution is 0.0418. The molecule has 1 saturated heterocycles. The molecule has 0 saturated carbocycles. The van der Waals surface area contributed by atoms with Crippen LogP contribution in [0, 0.1) is 13.8 Å². The van der Waals surface area contributed by atoms with Crippen molar-refractivity contribution < 1.29 is 9.53 Å². The van der Waals surface area contributed by atoms with Gasteiger partial charge in [-0.05, 0) is 67.6 Å². The first-order chi connectivity index (χ1) is 12.4. The number of hydrogen-bond donors (Lipinski definition) is 2. The minimum atomic E-state index is -0.454. The second kappa shape index (κ2) is 7.99. The first-order valence-corrected chi connectivity index (χ1v) is 9.76. The summed E-state index contributed by atoms with van der Waals surface area (Å²) in [5, 5.41) is 6.90. The third kappa shape index (κ3) is 4.22. The fourth-order valence-electron chi connectivity index (χ4n) is 3.44. The Kier molecular flexibility index (Phi) is 5.90. The summed E-state index contributed by atoms with van der Waals surface area (Å²) in [5.41, 5.74) is 3.46. The van der Waals surface area contributed by atoms with Crippen LogP contribution < -0.4 is 10.6 Å². The van der Waals surface area contributed by atoms with Crippen LogP contribution in [-0.4, -0.2) is 19.2 Å². The third-order valence-electron chi connectivity index (χ3n) is 4.83. The predicted octanol–water partition coefficient (Wildman–Crippen LogP) is 5.55. The van der Waals surface area contributed by atoms with E-state index in [1.165, 1.54) is 0 Å². The van der Waals surface area contributed by atoms with Crippen LogP contribution in [0.25, 0.3) is 0 Å². The minimum absolute atomic E-state index is 0.213. The summed E-state index contributed by atoms with van der Waals surface area (Å²) < 4.78 is 6.52. The molecule has 0 spiro atoms. The van der Waals surface area contributed by atoms with Crippen LogP contribution in [0.2, 0.25) is 5.02 Å². The van der Waals surface area contributed by atoms with Crippen molar-refractivity contribution in [2.24, 2.45) is 0 Å². The molecule has 3 rings (SSSR count). The van der Waals surface area contributed by atoms with Gasteiger partial charge in [0.25, 0.3) is 0 Å². The lowest BCUT2D eigenvalue weighted by atomic mass is 9.83. The van der Waals surface area contributed by atoms with Crippen molar-refractivity contribution >= 4 is 39.2 Å². The number of carbonyl (C=O) groups excluding carboxylic acids is 1. The lowest BCUT2D eigenvalue weighted by Gasteiger charge is -2.38. The summed E-state index contributed by atoms with van der Waals surface area (Å²) in [6.07, 6.45) is 1.45. The number of anilines is 1. The van der Waals surface area contributed by atoms with E-state index in [2.05, 4.69) is 26.6 Å². The van der Waals surface area contributed by atoms with E-state index in [9.17, 15) is 4.79 Å². The fraction of sp³-hybridized carbons (Fsp3) is 0.350. The van der Waals surface area contributed by atoms with E-state index >= 15 is 0 Å². The molecule has 0 aromatic heterocycles. The molecule has 1 heterocycles. The number of benzene rings is 2. The second-order valence-corrected chi connectivity index (χ2v) is 8.05. The maximum absolute atomic E-state index is 12.8. The van der Waals surface area contributed by atoms with Gasteiger partial charge in [-0.15, -0.1) is 0 Å². The zero-order valence-electron chi connectivity index (χ0n) is 14.9. The number of halogens is 2. The average molecular weight is 438 g/mol. The maximum atomic E-state index is 12.8. The normalized spacial score (nSPS) is 16.2. The van der Waals surface area contributed by atoms with Crippen molar-refractivity contribution in [1.82, 2.24) is 5.32 Å². The van der Waals surface area contributed by atoms with Gasteiger partial charge in [0.1, 0.15) is 0 Å². The first kappa shape index (κ1) is 19.2. The molecule has 0 atom stereocenters. The average Bonchev–Trinajstić information content (AvgIpc) is 2.59. The molecule has 26 heavy (non-hydrogen) atoms. The number of nitrogens with one attached hydrogen (secondary N) is 2. The van der Waals surface area contributed by atoms with Gasteiger partial charge in [0.05, 0.1) is 5.54 Å². The topological polar surface area (TPSA) is 50.4 Å². The van der Waals surface area contributed by atoms with Gasteiger partial charge in [-0.3, -0.25) is 0 Å². The number of urea groups is 1. The monoisotopic (exact) mass is 436 g/mol. The van der Waals surface area contributed by atoms with Gasteiger partial charge in [-0.1, -0.05) is 39.7 Å². The van der Waals surface area contributed by atoms with Gasteiger partial charge in [-0.2, -0.15) is 0 Å². The van der Waals surface area contributed by atoms with E-state index in [1.807, 2.05) is 50.2 Å². The number of ether oxygens (including phenoxy) is 1. The Balaban J connectivity index is 1.83. The minimum Gasteiger partial charge on any atom is -0.381 e. The smallest absolute Gasteiger partial charge is 0.319 e. The fourth-order valence-corrected chi connectivity index (χ4v) is 4.26. The first-order valence-electron chi connectivity index (χ1n) is 8.59. The van der Waals surface area contributed by atoms with E-state index in [1.54, 1.807) is 0 Å². The lowest BCUT2D eigenvalue weighted by Crippen LogP contribution is -2.51. The van der Waals surface area contributed by atoms with Crippen molar-refractivity contribution in [3.63, 3.8) is 0 Å². The van der Waals surface area contributed by atoms with Gasteiger partial charge in [0, 0.05) is 28.4 Å². The highest BCUT2D eigenvalue weighted by Crippen LogP contribution is 2.33. The Morgan fingerprint density at radius 1 is 1.12 bits per heavy atom. The number of hydrogen-bond acceptors (Lipinski definition) is 2. The zero-order valence-corrected chi connectivity index (χ0v) is 17.2. The third-order valence-corrected chi connectivity index (χ3v) is 5.54. The molecular weight excluding hydrogens is 416 g/mol. The van der Waals surface area contributed by atoms with Crippen LogP contribution in [0.15, 0.2) is 40.9 Å². The van der Waals surface area contributed by atoms with Crippen molar-refractivity contribution in [3.8, 4) is 0 Å². The summed E-state index contributed by atoms with van der Waals surface area (Å²) in [6, 6.07) is 11.4. The maximum Gasteiger partial charge on any atom is 0.319 e. The Labute approximate surface area is 167 Å². The Hall–Kier alpha value is -1.56. The van der Waals surface area contributed by atoms with Crippen LogP contribution in [0.4, 0.5) is 10.5 Å². The molecule has 1 aliphatic rings. The SMILES string of the molecule is Cc1cc(Br)cc(C)c1NC(=O)NC1(c2ccc(Cl)cc2)CCOCC1. The highest BCUT2D eigenvalue weighted by molar-refractivity contribution is 9.10. The molecular formula is C20H22BrClN2O2. The molecule has 4 nitrogen and oxygen atoms in total. The Morgan fingerprint density at radius 3 is 2.27 bits per heavy atom. The molecule has 2 N–H and O–H groups in total. The number of amides is 2.